The molecule has 0 aliphatic carbocycles. The zero-order chi connectivity index (χ0) is 23.4. The van der Waals surface area contributed by atoms with E-state index in [9.17, 15) is 9.59 Å². The van der Waals surface area contributed by atoms with Crippen LogP contribution in [0.4, 0.5) is 4.79 Å². The Morgan fingerprint density at radius 2 is 1.64 bits per heavy atom. The van der Waals surface area contributed by atoms with Crippen LogP contribution in [0.25, 0.3) is 0 Å². The normalized spacial score (nSPS) is 18.4. The molecule has 0 unspecified atom stereocenters. The Kier molecular flexibility index (Phi) is 7.00. The maximum Gasteiger partial charge on any atom is 0.328 e. The maximum absolute atomic E-state index is 13.7. The highest BCUT2D eigenvalue weighted by molar-refractivity contribution is 6.07. The summed E-state index contributed by atoms with van der Waals surface area (Å²) in [4.78, 5) is 32.6. The summed E-state index contributed by atoms with van der Waals surface area (Å²) in [6.07, 6.45) is 1.25. The van der Waals surface area contributed by atoms with Crippen molar-refractivity contribution in [3.63, 3.8) is 0 Å². The molecule has 0 bridgehead atoms. The van der Waals surface area contributed by atoms with E-state index in [0.29, 0.717) is 31.7 Å². The summed E-state index contributed by atoms with van der Waals surface area (Å²) in [5.41, 5.74) is 2.60. The molecule has 2 fully saturated rings. The summed E-state index contributed by atoms with van der Waals surface area (Å²) < 4.78 is 10.6. The van der Waals surface area contributed by atoms with E-state index in [-0.39, 0.29) is 18.5 Å². The Labute approximate surface area is 195 Å². The molecule has 2 aromatic rings. The summed E-state index contributed by atoms with van der Waals surface area (Å²) >= 11 is 0. The van der Waals surface area contributed by atoms with E-state index in [1.807, 2.05) is 24.3 Å². The van der Waals surface area contributed by atoms with E-state index in [2.05, 4.69) is 36.1 Å². The summed E-state index contributed by atoms with van der Waals surface area (Å²) in [6.45, 7) is 5.54. The lowest BCUT2D eigenvalue weighted by molar-refractivity contribution is -0.136. The van der Waals surface area contributed by atoms with E-state index in [1.54, 1.807) is 19.1 Å². The standard InChI is InChI=1S/C26H33N3O4/c1-20-6-4-7-21(16-20)18-27-12-10-26(11-13-27)24(30)28(25(31)29(26)14-15-32-2)19-22-8-5-9-23(17-22)33-3/h4-9,16-17H,10-15,18-19H2,1-3H3. The maximum atomic E-state index is 13.7. The number of piperidine rings is 1. The quantitative estimate of drug-likeness (QED) is 0.576. The second kappa shape index (κ2) is 9.93. The fraction of sp³-hybridized carbons (Fsp3) is 0.462. The summed E-state index contributed by atoms with van der Waals surface area (Å²) in [5.74, 6) is 0.614. The summed E-state index contributed by atoms with van der Waals surface area (Å²) in [5, 5.41) is 0. The fourth-order valence-corrected chi connectivity index (χ4v) is 5.00. The van der Waals surface area contributed by atoms with Crippen molar-refractivity contribution in [3.8, 4) is 5.75 Å². The van der Waals surface area contributed by atoms with Gasteiger partial charge in [-0.05, 0) is 43.0 Å². The van der Waals surface area contributed by atoms with Crippen LogP contribution in [-0.2, 0) is 22.6 Å². The van der Waals surface area contributed by atoms with Crippen molar-refractivity contribution < 1.29 is 19.1 Å². The predicted molar refractivity (Wildman–Crippen MR) is 126 cm³/mol. The van der Waals surface area contributed by atoms with Crippen molar-refractivity contribution in [2.45, 2.75) is 38.4 Å². The molecule has 2 aliphatic heterocycles. The van der Waals surface area contributed by atoms with Crippen molar-refractivity contribution in [2.75, 3.05) is 40.5 Å². The molecule has 0 aromatic heterocycles. The first kappa shape index (κ1) is 23.3. The van der Waals surface area contributed by atoms with E-state index in [1.165, 1.54) is 16.0 Å². The van der Waals surface area contributed by atoms with Crippen molar-refractivity contribution in [1.82, 2.24) is 14.7 Å². The number of benzene rings is 2. The number of hydrogen-bond donors (Lipinski definition) is 0. The Bertz CT molecular complexity index is 1000. The number of carbonyl (C=O) groups is 2. The third-order valence-electron chi connectivity index (χ3n) is 6.79. The van der Waals surface area contributed by atoms with E-state index >= 15 is 0 Å². The average molecular weight is 452 g/mol. The van der Waals surface area contributed by atoms with Gasteiger partial charge in [-0.1, -0.05) is 42.0 Å². The second-order valence-corrected chi connectivity index (χ2v) is 8.97. The predicted octanol–water partition coefficient (Wildman–Crippen LogP) is 3.45. The van der Waals surface area contributed by atoms with Crippen LogP contribution < -0.4 is 4.74 Å². The van der Waals surface area contributed by atoms with Gasteiger partial charge >= 0.3 is 6.03 Å². The molecule has 0 atom stereocenters. The molecule has 0 N–H and O–H groups in total. The van der Waals surface area contributed by atoms with Gasteiger partial charge in [-0.15, -0.1) is 0 Å². The molecule has 7 heteroatoms. The lowest BCUT2D eigenvalue weighted by Gasteiger charge is -2.42. The molecule has 33 heavy (non-hydrogen) atoms. The first-order chi connectivity index (χ1) is 16.0. The SMILES string of the molecule is COCCN1C(=O)N(Cc2cccc(OC)c2)C(=O)C12CCN(Cc1cccc(C)c1)CC2. The van der Waals surface area contributed by atoms with Gasteiger partial charge in [-0.25, -0.2) is 4.79 Å². The minimum atomic E-state index is -0.794. The smallest absolute Gasteiger partial charge is 0.328 e. The van der Waals surface area contributed by atoms with Gasteiger partial charge in [0.25, 0.3) is 5.91 Å². The molecule has 1 spiro atoms. The van der Waals surface area contributed by atoms with Crippen molar-refractivity contribution in [2.24, 2.45) is 0 Å². The van der Waals surface area contributed by atoms with E-state index in [0.717, 1.165) is 25.2 Å². The number of amides is 3. The van der Waals surface area contributed by atoms with Gasteiger partial charge in [0.1, 0.15) is 11.3 Å². The monoisotopic (exact) mass is 451 g/mol. The lowest BCUT2D eigenvalue weighted by atomic mass is 9.85. The number of ether oxygens (including phenoxy) is 2. The molecule has 2 heterocycles. The number of nitrogens with zero attached hydrogens (tertiary/aromatic N) is 3. The zero-order valence-electron chi connectivity index (χ0n) is 19.8. The molecule has 2 aliphatic rings. The van der Waals surface area contributed by atoms with Gasteiger partial charge in [0, 0.05) is 33.3 Å². The van der Waals surface area contributed by atoms with Crippen molar-refractivity contribution in [3.05, 3.63) is 65.2 Å². The molecule has 7 nitrogen and oxygen atoms in total. The third-order valence-corrected chi connectivity index (χ3v) is 6.79. The summed E-state index contributed by atoms with van der Waals surface area (Å²) in [6, 6.07) is 15.8. The molecular formula is C26H33N3O4. The number of rotatable bonds is 8. The molecule has 2 saturated heterocycles. The molecule has 4 rings (SSSR count). The van der Waals surface area contributed by atoms with Gasteiger partial charge in [0.05, 0.1) is 20.3 Å². The van der Waals surface area contributed by atoms with Crippen LogP contribution in [-0.4, -0.2) is 72.6 Å². The van der Waals surface area contributed by atoms with Crippen molar-refractivity contribution >= 4 is 11.9 Å². The van der Waals surface area contributed by atoms with Crippen LogP contribution >= 0.6 is 0 Å². The molecule has 2 aromatic carbocycles. The molecular weight excluding hydrogens is 418 g/mol. The Balaban J connectivity index is 1.51. The Morgan fingerprint density at radius 1 is 0.939 bits per heavy atom. The number of imide groups is 1. The second-order valence-electron chi connectivity index (χ2n) is 8.97. The van der Waals surface area contributed by atoms with Crippen LogP contribution in [0.1, 0.15) is 29.5 Å². The number of carbonyl (C=O) groups excluding carboxylic acids is 2. The van der Waals surface area contributed by atoms with E-state index < -0.39 is 5.54 Å². The summed E-state index contributed by atoms with van der Waals surface area (Å²) in [7, 11) is 3.23. The van der Waals surface area contributed by atoms with Crippen LogP contribution in [0, 0.1) is 6.92 Å². The van der Waals surface area contributed by atoms with Gasteiger partial charge in [-0.3, -0.25) is 14.6 Å². The Hall–Kier alpha value is -2.90. The Morgan fingerprint density at radius 3 is 2.30 bits per heavy atom. The zero-order valence-corrected chi connectivity index (χ0v) is 19.8. The molecule has 0 saturated carbocycles. The van der Waals surface area contributed by atoms with Crippen LogP contribution in [0.15, 0.2) is 48.5 Å². The highest BCUT2D eigenvalue weighted by atomic mass is 16.5. The van der Waals surface area contributed by atoms with Gasteiger partial charge in [0.2, 0.25) is 0 Å². The number of methoxy groups -OCH3 is 2. The largest absolute Gasteiger partial charge is 0.497 e. The van der Waals surface area contributed by atoms with Crippen molar-refractivity contribution in [1.29, 1.82) is 0 Å². The highest BCUT2D eigenvalue weighted by Crippen LogP contribution is 2.38. The topological polar surface area (TPSA) is 62.3 Å². The van der Waals surface area contributed by atoms with Gasteiger partial charge < -0.3 is 14.4 Å². The number of aryl methyl sites for hydroxylation is 1. The average Bonchev–Trinajstić information content (AvgIpc) is 3.00. The third kappa shape index (κ3) is 4.75. The first-order valence-corrected chi connectivity index (χ1v) is 11.5. The number of likely N-dealkylation sites (tertiary alicyclic amines) is 1. The number of hydrogen-bond acceptors (Lipinski definition) is 5. The number of urea groups is 1. The fourth-order valence-electron chi connectivity index (χ4n) is 5.00. The molecule has 3 amide bonds. The van der Waals surface area contributed by atoms with Crippen LogP contribution in [0.2, 0.25) is 0 Å². The minimum Gasteiger partial charge on any atom is -0.497 e. The van der Waals surface area contributed by atoms with Crippen LogP contribution in [0.3, 0.4) is 0 Å². The van der Waals surface area contributed by atoms with Crippen LogP contribution in [0.5, 0.6) is 5.75 Å². The van der Waals surface area contributed by atoms with Gasteiger partial charge in [-0.2, -0.15) is 0 Å². The highest BCUT2D eigenvalue weighted by Gasteiger charge is 2.57. The van der Waals surface area contributed by atoms with E-state index in [4.69, 9.17) is 9.47 Å². The lowest BCUT2D eigenvalue weighted by Crippen LogP contribution is -2.57. The molecule has 0 radical (unpaired) electrons. The minimum absolute atomic E-state index is 0.0957. The molecule has 176 valence electrons. The van der Waals surface area contributed by atoms with Gasteiger partial charge in [0.15, 0.2) is 0 Å². The first-order valence-electron chi connectivity index (χ1n) is 11.5.